The number of nitrogens with one attached hydrogen (secondary N) is 3. The zero-order chi connectivity index (χ0) is 23.7. The first kappa shape index (κ1) is 22.4. The molecule has 0 unspecified atom stereocenters. The molecule has 3 amide bonds. The predicted octanol–water partition coefficient (Wildman–Crippen LogP) is 1.36. The van der Waals surface area contributed by atoms with Gasteiger partial charge in [-0.25, -0.2) is 27.5 Å². The Morgan fingerprint density at radius 3 is 2.52 bits per heavy atom. The van der Waals surface area contributed by atoms with Crippen molar-refractivity contribution in [2.75, 3.05) is 6.54 Å². The number of hydroxylamine groups is 1. The lowest BCUT2D eigenvalue weighted by Crippen LogP contribution is -2.46. The summed E-state index contributed by atoms with van der Waals surface area (Å²) in [6.07, 6.45) is 0.0588. The molecule has 2 rings (SSSR count). The first-order valence-electron chi connectivity index (χ1n) is 9.24. The van der Waals surface area contributed by atoms with Gasteiger partial charge in [0, 0.05) is 6.54 Å². The molecular formula is C18H20F2N4O6S. The number of nitrogens with two attached hydrogens (primary N) is 1. The molecule has 0 saturated carbocycles. The SMILES string of the molecule is [2H]ONC(=O)[C@H](CCCNC(N)=O)NS(=O)(=O)c1ccc(Oc2ccc(F)cc2)c(F)c1. The van der Waals surface area contributed by atoms with Gasteiger partial charge in [0.05, 0.1) is 4.90 Å². The number of sulfonamides is 1. The maximum absolute atomic E-state index is 14.4. The minimum Gasteiger partial charge on any atom is -0.454 e. The number of rotatable bonds is 11. The van der Waals surface area contributed by atoms with Gasteiger partial charge in [-0.3, -0.25) is 10.0 Å². The van der Waals surface area contributed by atoms with Crippen LogP contribution < -0.4 is 26.0 Å². The van der Waals surface area contributed by atoms with Crippen molar-refractivity contribution in [3.05, 3.63) is 54.1 Å². The molecule has 31 heavy (non-hydrogen) atoms. The molecular weight excluding hydrogens is 438 g/mol. The molecule has 2 aromatic carbocycles. The molecule has 0 heterocycles. The fraction of sp³-hybridized carbons (Fsp3) is 0.222. The van der Waals surface area contributed by atoms with Crippen LogP contribution in [-0.4, -0.2) is 38.2 Å². The molecule has 6 N–H and O–H groups in total. The van der Waals surface area contributed by atoms with Gasteiger partial charge in [0.2, 0.25) is 11.5 Å². The second-order valence-electron chi connectivity index (χ2n) is 6.22. The Morgan fingerprint density at radius 1 is 1.19 bits per heavy atom. The Hall–Kier alpha value is -3.29. The van der Waals surface area contributed by atoms with E-state index in [0.29, 0.717) is 6.07 Å². The fourth-order valence-electron chi connectivity index (χ4n) is 2.45. The molecule has 2 aromatic rings. The lowest BCUT2D eigenvalue weighted by atomic mass is 10.1. The Kier molecular flexibility index (Phi) is 7.70. The van der Waals surface area contributed by atoms with Crippen LogP contribution in [0.3, 0.4) is 0 Å². The normalized spacial score (nSPS) is 12.5. The van der Waals surface area contributed by atoms with Gasteiger partial charge in [0.1, 0.15) is 17.6 Å². The average molecular weight is 459 g/mol. The Morgan fingerprint density at radius 2 is 1.90 bits per heavy atom. The van der Waals surface area contributed by atoms with Gasteiger partial charge in [0.25, 0.3) is 5.91 Å². The number of halogens is 2. The predicted molar refractivity (Wildman–Crippen MR) is 104 cm³/mol. The summed E-state index contributed by atoms with van der Waals surface area (Å²) in [5.74, 6) is -2.66. The van der Waals surface area contributed by atoms with Gasteiger partial charge in [-0.1, -0.05) is 0 Å². The highest BCUT2D eigenvalue weighted by Crippen LogP contribution is 2.26. The molecule has 0 radical (unpaired) electrons. The number of primary amides is 1. The summed E-state index contributed by atoms with van der Waals surface area (Å²) in [4.78, 5) is 22.2. The third-order valence-electron chi connectivity index (χ3n) is 3.94. The van der Waals surface area contributed by atoms with E-state index >= 15 is 0 Å². The minimum absolute atomic E-state index is 0.0621. The van der Waals surface area contributed by atoms with Crippen molar-refractivity contribution >= 4 is 22.0 Å². The Bertz CT molecular complexity index is 1060. The zero-order valence-corrected chi connectivity index (χ0v) is 16.7. The van der Waals surface area contributed by atoms with E-state index in [2.05, 4.69) is 15.2 Å². The van der Waals surface area contributed by atoms with Crippen LogP contribution in [0.4, 0.5) is 13.6 Å². The van der Waals surface area contributed by atoms with Crippen LogP contribution in [0, 0.1) is 11.6 Å². The Balaban J connectivity index is 2.14. The summed E-state index contributed by atoms with van der Waals surface area (Å²) >= 11 is 0. The van der Waals surface area contributed by atoms with Gasteiger partial charge < -0.3 is 15.8 Å². The van der Waals surface area contributed by atoms with Crippen molar-refractivity contribution in [3.8, 4) is 11.5 Å². The van der Waals surface area contributed by atoms with Crippen LogP contribution in [0.1, 0.15) is 12.8 Å². The largest absolute Gasteiger partial charge is 0.454 e. The van der Waals surface area contributed by atoms with Gasteiger partial charge >= 0.3 is 6.03 Å². The van der Waals surface area contributed by atoms with Crippen molar-refractivity contribution < 1.29 is 38.2 Å². The maximum Gasteiger partial charge on any atom is 0.312 e. The lowest BCUT2D eigenvalue weighted by Gasteiger charge is -2.17. The number of carbonyl (C=O) groups is 2. The highest BCUT2D eigenvalue weighted by Gasteiger charge is 2.26. The molecule has 0 aliphatic carbocycles. The highest BCUT2D eigenvalue weighted by molar-refractivity contribution is 7.89. The highest BCUT2D eigenvalue weighted by atomic mass is 32.2. The third kappa shape index (κ3) is 7.16. The first-order valence-corrected chi connectivity index (χ1v) is 10.3. The lowest BCUT2D eigenvalue weighted by molar-refractivity contribution is -0.131. The van der Waals surface area contributed by atoms with E-state index in [1.165, 1.54) is 12.1 Å². The summed E-state index contributed by atoms with van der Waals surface area (Å²) in [6.45, 7) is 0.0621. The molecule has 10 nitrogen and oxygen atoms in total. The molecule has 0 aliphatic heterocycles. The summed E-state index contributed by atoms with van der Waals surface area (Å²) in [7, 11) is -4.38. The third-order valence-corrected chi connectivity index (χ3v) is 5.41. The number of urea groups is 1. The minimum atomic E-state index is -4.38. The molecule has 0 bridgehead atoms. The van der Waals surface area contributed by atoms with Crippen molar-refractivity contribution in [2.45, 2.75) is 23.8 Å². The van der Waals surface area contributed by atoms with E-state index in [1.54, 1.807) is 5.48 Å². The standard InChI is InChI=1S/C18H20F2N4O6S/c19-11-3-5-12(6-4-11)30-16-8-7-13(10-14(16)20)31(28,29)24-15(17(25)23-27)2-1-9-22-18(21)26/h3-8,10,15,24,27H,1-2,9H2,(H,23,25)(H3,21,22,26)/t15-/m0/s1/i/hD. The molecule has 0 spiro atoms. The summed E-state index contributed by atoms with van der Waals surface area (Å²) in [5.41, 5.74) is 6.62. The van der Waals surface area contributed by atoms with Crippen LogP contribution in [-0.2, 0) is 14.8 Å². The molecule has 0 fully saturated rings. The van der Waals surface area contributed by atoms with E-state index in [1.807, 2.05) is 0 Å². The topological polar surface area (TPSA) is 160 Å². The van der Waals surface area contributed by atoms with Crippen LogP contribution in [0.2, 0.25) is 1.43 Å². The number of hydrogen-bond donors (Lipinski definition) is 5. The van der Waals surface area contributed by atoms with Crippen LogP contribution in [0.15, 0.2) is 47.4 Å². The molecule has 0 aromatic heterocycles. The zero-order valence-electron chi connectivity index (χ0n) is 16.9. The quantitative estimate of drug-likeness (QED) is 0.194. The van der Waals surface area contributed by atoms with Gasteiger partial charge in [-0.05, 0) is 55.3 Å². The van der Waals surface area contributed by atoms with Crippen molar-refractivity contribution in [3.63, 3.8) is 0 Å². The molecule has 1 atom stereocenters. The average Bonchev–Trinajstić information content (AvgIpc) is 2.73. The number of benzene rings is 2. The van der Waals surface area contributed by atoms with E-state index in [9.17, 15) is 26.8 Å². The maximum atomic E-state index is 14.4. The van der Waals surface area contributed by atoms with E-state index in [0.717, 1.165) is 24.3 Å². The van der Waals surface area contributed by atoms with Crippen LogP contribution in [0.5, 0.6) is 11.5 Å². The molecule has 0 saturated heterocycles. The van der Waals surface area contributed by atoms with E-state index < -0.39 is 44.5 Å². The smallest absolute Gasteiger partial charge is 0.312 e. The van der Waals surface area contributed by atoms with E-state index in [4.69, 9.17) is 11.9 Å². The number of ether oxygens (including phenoxy) is 1. The first-order chi connectivity index (χ1) is 15.1. The second kappa shape index (κ2) is 10.7. The van der Waals surface area contributed by atoms with Crippen molar-refractivity contribution in [1.29, 1.82) is 0 Å². The van der Waals surface area contributed by atoms with Gasteiger partial charge in [0.15, 0.2) is 11.6 Å². The van der Waals surface area contributed by atoms with Crippen LogP contribution >= 0.6 is 0 Å². The molecule has 0 aliphatic rings. The Labute approximate surface area is 177 Å². The van der Waals surface area contributed by atoms with Crippen molar-refractivity contribution in [2.24, 2.45) is 5.73 Å². The van der Waals surface area contributed by atoms with E-state index in [-0.39, 0.29) is 30.9 Å². The van der Waals surface area contributed by atoms with Gasteiger partial charge in [-0.2, -0.15) is 4.72 Å². The fourth-order valence-corrected chi connectivity index (χ4v) is 3.69. The van der Waals surface area contributed by atoms with Gasteiger partial charge in [-0.15, -0.1) is 0 Å². The molecule has 168 valence electrons. The van der Waals surface area contributed by atoms with Crippen molar-refractivity contribution in [1.82, 2.24) is 15.5 Å². The summed E-state index contributed by atoms with van der Waals surface area (Å²) < 4.78 is 66.6. The summed E-state index contributed by atoms with van der Waals surface area (Å²) in [6, 6.07) is 5.38. The monoisotopic (exact) mass is 459 g/mol. The number of carbonyl (C=O) groups excluding carboxylic acids is 2. The number of amides is 3. The number of hydrogen-bond acceptors (Lipinski definition) is 6. The summed E-state index contributed by atoms with van der Waals surface area (Å²) in [5, 5.41) is 6.05. The molecule has 13 heteroatoms. The second-order valence-corrected chi connectivity index (χ2v) is 7.94. The van der Waals surface area contributed by atoms with Crippen LogP contribution in [0.25, 0.3) is 0 Å².